The van der Waals surface area contributed by atoms with Gasteiger partial charge in [-0.25, -0.2) is 4.79 Å². The van der Waals surface area contributed by atoms with Crippen LogP contribution in [0, 0.1) is 5.92 Å². The number of aliphatic hydroxyl groups excluding tert-OH is 1. The van der Waals surface area contributed by atoms with Gasteiger partial charge in [-0.2, -0.15) is 0 Å². The zero-order chi connectivity index (χ0) is 28.6. The molecule has 38 heavy (non-hydrogen) atoms. The zero-order valence-corrected chi connectivity index (χ0v) is 21.6. The number of aliphatic carboxylic acids is 1. The molecule has 13 heteroatoms. The van der Waals surface area contributed by atoms with E-state index in [-0.39, 0.29) is 18.8 Å². The number of H-pyrrole nitrogens is 1. The Balaban J connectivity index is 2.34. The number of para-hydroxylation sites is 1. The van der Waals surface area contributed by atoms with Gasteiger partial charge in [-0.1, -0.05) is 32.0 Å². The van der Waals surface area contributed by atoms with Crippen molar-refractivity contribution in [3.8, 4) is 0 Å². The number of amides is 4. The fourth-order valence-electron chi connectivity index (χ4n) is 3.87. The second kappa shape index (κ2) is 13.5. The summed E-state index contributed by atoms with van der Waals surface area (Å²) in [6.45, 7) is 5.01. The summed E-state index contributed by atoms with van der Waals surface area (Å²) in [5, 5.41) is 27.2. The van der Waals surface area contributed by atoms with E-state index in [1.807, 2.05) is 32.0 Å². The monoisotopic (exact) mass is 532 g/mol. The number of aliphatic hydroxyl groups is 1. The van der Waals surface area contributed by atoms with E-state index in [9.17, 15) is 34.2 Å². The summed E-state index contributed by atoms with van der Waals surface area (Å²) in [6.07, 6.45) is 0.0455. The van der Waals surface area contributed by atoms with Crippen molar-refractivity contribution >= 4 is 40.5 Å². The molecule has 0 bridgehead atoms. The molecule has 208 valence electrons. The molecule has 0 aliphatic carbocycles. The number of carboxylic acids is 1. The van der Waals surface area contributed by atoms with Gasteiger partial charge in [0.15, 0.2) is 0 Å². The maximum atomic E-state index is 13.3. The Morgan fingerprint density at radius 1 is 0.921 bits per heavy atom. The average Bonchev–Trinajstić information content (AvgIpc) is 3.24. The van der Waals surface area contributed by atoms with Crippen molar-refractivity contribution in [3.63, 3.8) is 0 Å². The Morgan fingerprint density at radius 3 is 2.08 bits per heavy atom. The maximum absolute atomic E-state index is 13.3. The summed E-state index contributed by atoms with van der Waals surface area (Å²) in [5.41, 5.74) is 12.3. The molecular weight excluding hydrogens is 496 g/mol. The average molecular weight is 533 g/mol. The molecule has 5 atom stereocenters. The Bertz CT molecular complexity index is 1160. The van der Waals surface area contributed by atoms with Crippen molar-refractivity contribution in [2.75, 3.05) is 0 Å². The molecule has 1 heterocycles. The third-order valence-corrected chi connectivity index (χ3v) is 5.91. The number of nitrogens with two attached hydrogens (primary N) is 2. The van der Waals surface area contributed by atoms with E-state index < -0.39 is 66.3 Å². The first-order valence-electron chi connectivity index (χ1n) is 12.2. The molecule has 1 aromatic carbocycles. The second-order valence-corrected chi connectivity index (χ2v) is 9.65. The fourth-order valence-corrected chi connectivity index (χ4v) is 3.87. The number of carboxylic acid groups (broad SMARTS) is 1. The number of rotatable bonds is 14. The summed E-state index contributed by atoms with van der Waals surface area (Å²) in [7, 11) is 0. The quantitative estimate of drug-likeness (QED) is 0.148. The van der Waals surface area contributed by atoms with Crippen LogP contribution in [0.25, 0.3) is 10.9 Å². The predicted octanol–water partition coefficient (Wildman–Crippen LogP) is -1.12. The van der Waals surface area contributed by atoms with Crippen molar-refractivity contribution in [2.45, 2.75) is 70.3 Å². The molecule has 0 saturated carbocycles. The molecule has 10 N–H and O–H groups in total. The highest BCUT2D eigenvalue weighted by Crippen LogP contribution is 2.19. The molecule has 2 aromatic rings. The SMILES string of the molecule is CC(C)CC(NC(=O)C(N)C(C)O)C(=O)NC(Cc1c[nH]c2ccccc12)C(=O)NC(CC(N)=O)C(=O)O. The molecule has 2 rings (SSSR count). The van der Waals surface area contributed by atoms with Gasteiger partial charge in [0.25, 0.3) is 0 Å². The number of hydrogen-bond acceptors (Lipinski definition) is 7. The van der Waals surface area contributed by atoms with E-state index in [0.717, 1.165) is 10.9 Å². The van der Waals surface area contributed by atoms with Crippen LogP contribution < -0.4 is 27.4 Å². The van der Waals surface area contributed by atoms with E-state index >= 15 is 0 Å². The lowest BCUT2D eigenvalue weighted by molar-refractivity contribution is -0.143. The molecule has 13 nitrogen and oxygen atoms in total. The molecule has 5 unspecified atom stereocenters. The maximum Gasteiger partial charge on any atom is 0.326 e. The molecular formula is C25H36N6O7. The van der Waals surface area contributed by atoms with E-state index in [4.69, 9.17) is 11.5 Å². The first kappa shape index (κ1) is 30.3. The largest absolute Gasteiger partial charge is 0.480 e. The topological polar surface area (TPSA) is 230 Å². The van der Waals surface area contributed by atoms with Crippen LogP contribution in [0.5, 0.6) is 0 Å². The van der Waals surface area contributed by atoms with Crippen LogP contribution in [0.2, 0.25) is 0 Å². The minimum absolute atomic E-state index is 0.0277. The fraction of sp³-hybridized carbons (Fsp3) is 0.480. The Kier molecular flexibility index (Phi) is 10.8. The van der Waals surface area contributed by atoms with Crippen LogP contribution in [0.4, 0.5) is 0 Å². The number of aromatic amines is 1. The molecule has 0 fully saturated rings. The lowest BCUT2D eigenvalue weighted by Gasteiger charge is -2.26. The standard InChI is InChI=1S/C25H36N6O7/c1-12(2)8-17(30-24(36)21(27)13(3)32)22(34)29-18(23(35)31-19(25(37)38)10-20(26)33)9-14-11-28-16-7-5-4-6-15(14)16/h4-7,11-13,17-19,21,28,32H,8-10,27H2,1-3H3,(H2,26,33)(H,29,34)(H,30,36)(H,31,35)(H,37,38). The highest BCUT2D eigenvalue weighted by Gasteiger charge is 2.32. The highest BCUT2D eigenvalue weighted by molar-refractivity contribution is 5.95. The van der Waals surface area contributed by atoms with E-state index in [0.29, 0.717) is 5.56 Å². The van der Waals surface area contributed by atoms with Gasteiger partial charge in [0.2, 0.25) is 23.6 Å². The van der Waals surface area contributed by atoms with Crippen LogP contribution in [0.1, 0.15) is 39.2 Å². The van der Waals surface area contributed by atoms with E-state index in [1.165, 1.54) is 6.92 Å². The van der Waals surface area contributed by atoms with Gasteiger partial charge in [0.05, 0.1) is 12.5 Å². The van der Waals surface area contributed by atoms with Crippen LogP contribution in [0.3, 0.4) is 0 Å². The molecule has 0 saturated heterocycles. The molecule has 0 spiro atoms. The Labute approximate surface area is 219 Å². The Hall–Kier alpha value is -3.97. The number of hydrogen-bond donors (Lipinski definition) is 8. The summed E-state index contributed by atoms with van der Waals surface area (Å²) >= 11 is 0. The molecule has 0 radical (unpaired) electrons. The third kappa shape index (κ3) is 8.56. The van der Waals surface area contributed by atoms with Gasteiger partial charge in [0.1, 0.15) is 24.2 Å². The van der Waals surface area contributed by atoms with Crippen LogP contribution >= 0.6 is 0 Å². The minimum Gasteiger partial charge on any atom is -0.480 e. The summed E-state index contributed by atoms with van der Waals surface area (Å²) < 4.78 is 0. The van der Waals surface area contributed by atoms with Gasteiger partial charge in [-0.15, -0.1) is 0 Å². The second-order valence-electron chi connectivity index (χ2n) is 9.65. The first-order chi connectivity index (χ1) is 17.8. The van der Waals surface area contributed by atoms with Gasteiger partial charge in [-0.3, -0.25) is 19.2 Å². The number of aromatic nitrogens is 1. The van der Waals surface area contributed by atoms with Gasteiger partial charge >= 0.3 is 5.97 Å². The number of carbonyl (C=O) groups is 5. The van der Waals surface area contributed by atoms with E-state index in [1.54, 1.807) is 12.3 Å². The third-order valence-electron chi connectivity index (χ3n) is 5.91. The zero-order valence-electron chi connectivity index (χ0n) is 21.6. The van der Waals surface area contributed by atoms with Crippen molar-refractivity contribution in [2.24, 2.45) is 17.4 Å². The molecule has 0 aliphatic heterocycles. The number of primary amides is 1. The number of benzene rings is 1. The molecule has 0 aliphatic rings. The van der Waals surface area contributed by atoms with Crippen LogP contribution in [-0.2, 0) is 30.4 Å². The normalized spacial score (nSPS) is 15.2. The van der Waals surface area contributed by atoms with Crippen molar-refractivity contribution in [3.05, 3.63) is 36.0 Å². The van der Waals surface area contributed by atoms with Crippen molar-refractivity contribution in [1.82, 2.24) is 20.9 Å². The smallest absolute Gasteiger partial charge is 0.326 e. The van der Waals surface area contributed by atoms with Gasteiger partial charge < -0.3 is 42.6 Å². The lowest BCUT2D eigenvalue weighted by atomic mass is 10.00. The Morgan fingerprint density at radius 2 is 1.50 bits per heavy atom. The first-order valence-corrected chi connectivity index (χ1v) is 12.2. The van der Waals surface area contributed by atoms with Crippen molar-refractivity contribution in [1.29, 1.82) is 0 Å². The van der Waals surface area contributed by atoms with E-state index in [2.05, 4.69) is 20.9 Å². The number of nitrogens with one attached hydrogen (secondary N) is 4. The highest BCUT2D eigenvalue weighted by atomic mass is 16.4. The molecule has 1 aromatic heterocycles. The van der Waals surface area contributed by atoms with Crippen LogP contribution in [-0.4, -0.2) is 75.1 Å². The summed E-state index contributed by atoms with van der Waals surface area (Å²) in [5.74, 6) is -4.73. The lowest BCUT2D eigenvalue weighted by Crippen LogP contribution is -2.58. The minimum atomic E-state index is -1.60. The molecule has 4 amide bonds. The summed E-state index contributed by atoms with van der Waals surface area (Å²) in [4.78, 5) is 64.9. The van der Waals surface area contributed by atoms with Gasteiger partial charge in [-0.05, 0) is 30.9 Å². The van der Waals surface area contributed by atoms with Crippen molar-refractivity contribution < 1.29 is 34.2 Å². The predicted molar refractivity (Wildman–Crippen MR) is 138 cm³/mol. The van der Waals surface area contributed by atoms with Crippen LogP contribution in [0.15, 0.2) is 30.5 Å². The number of fused-ring (bicyclic) bond motifs is 1. The van der Waals surface area contributed by atoms with Gasteiger partial charge in [0, 0.05) is 23.5 Å². The summed E-state index contributed by atoms with van der Waals surface area (Å²) in [6, 6.07) is 2.06. The number of carbonyl (C=O) groups excluding carboxylic acids is 4.